The molecule has 0 fully saturated rings. The smallest absolute Gasteiger partial charge is 0.377 e. The molecular weight excluding hydrogens is 338 g/mol. The number of hydrogen-bond donors (Lipinski definition) is 0. The lowest BCUT2D eigenvalue weighted by atomic mass is 10.1. The van der Waals surface area contributed by atoms with Crippen LogP contribution in [0.25, 0.3) is 0 Å². The van der Waals surface area contributed by atoms with E-state index in [0.717, 1.165) is 16.8 Å². The molecule has 0 aliphatic rings. The predicted molar refractivity (Wildman–Crippen MR) is 100 cm³/mol. The molecule has 1 aromatic rings. The number of carbonyl (C=O) groups is 1. The van der Waals surface area contributed by atoms with Gasteiger partial charge in [0.05, 0.1) is 28.0 Å². The number of esters is 1. The number of ether oxygens (including phenoxy) is 3. The Balaban J connectivity index is 3.00. The molecule has 25 heavy (non-hydrogen) atoms. The van der Waals surface area contributed by atoms with Gasteiger partial charge in [-0.05, 0) is 25.5 Å². The van der Waals surface area contributed by atoms with Crippen LogP contribution in [-0.2, 0) is 19.1 Å². The summed E-state index contributed by atoms with van der Waals surface area (Å²) in [6.07, 6.45) is 1.86. The van der Waals surface area contributed by atoms with Gasteiger partial charge in [0.2, 0.25) is 5.76 Å². The maximum Gasteiger partial charge on any atom is 0.377 e. The van der Waals surface area contributed by atoms with Crippen molar-refractivity contribution >= 4 is 19.8 Å². The van der Waals surface area contributed by atoms with E-state index in [9.17, 15) is 4.79 Å². The van der Waals surface area contributed by atoms with Crippen LogP contribution in [0.1, 0.15) is 18.1 Å². The van der Waals surface area contributed by atoms with Gasteiger partial charge in [-0.2, -0.15) is 0 Å². The van der Waals surface area contributed by atoms with Gasteiger partial charge in [-0.15, -0.1) is 0 Å². The van der Waals surface area contributed by atoms with E-state index in [2.05, 4.69) is 29.5 Å². The molecular formula is C18H27NO5Si. The van der Waals surface area contributed by atoms with Crippen LogP contribution in [0.15, 0.2) is 35.4 Å². The van der Waals surface area contributed by atoms with Gasteiger partial charge in [0.25, 0.3) is 0 Å². The monoisotopic (exact) mass is 365 g/mol. The molecule has 0 radical (unpaired) electrons. The molecule has 0 aliphatic carbocycles. The van der Waals surface area contributed by atoms with Crippen molar-refractivity contribution in [2.24, 2.45) is 5.16 Å². The Morgan fingerprint density at radius 2 is 1.92 bits per heavy atom. The first kappa shape index (κ1) is 20.8. The Morgan fingerprint density at radius 1 is 1.24 bits per heavy atom. The summed E-state index contributed by atoms with van der Waals surface area (Å²) in [5.74, 6) is -0.128. The molecule has 0 saturated carbocycles. The molecule has 0 heterocycles. The van der Waals surface area contributed by atoms with E-state index in [-0.39, 0.29) is 5.76 Å². The Bertz CT molecular complexity index is 662. The summed E-state index contributed by atoms with van der Waals surface area (Å²) in [7, 11) is 1.40. The molecule has 6 nitrogen and oxygen atoms in total. The lowest BCUT2D eigenvalue weighted by Gasteiger charge is -2.14. The molecule has 1 aromatic carbocycles. The zero-order valence-electron chi connectivity index (χ0n) is 16.0. The second-order valence-electron chi connectivity index (χ2n) is 6.80. The van der Waals surface area contributed by atoms with Crippen molar-refractivity contribution in [1.29, 1.82) is 0 Å². The van der Waals surface area contributed by atoms with Crippen LogP contribution in [-0.4, -0.2) is 40.2 Å². The summed E-state index contributed by atoms with van der Waals surface area (Å²) in [5.41, 5.74) is 2.45. The van der Waals surface area contributed by atoms with Crippen LogP contribution in [0.5, 0.6) is 5.75 Å². The van der Waals surface area contributed by atoms with Gasteiger partial charge in [-0.3, -0.25) is 0 Å². The number of aryl methyl sites for hydroxylation is 1. The van der Waals surface area contributed by atoms with Crippen LogP contribution >= 0.6 is 0 Å². The minimum atomic E-state index is -1.32. The van der Waals surface area contributed by atoms with Gasteiger partial charge in [0.1, 0.15) is 18.2 Å². The zero-order valence-corrected chi connectivity index (χ0v) is 17.0. The number of benzene rings is 1. The summed E-state index contributed by atoms with van der Waals surface area (Å²) < 4.78 is 15.2. The summed E-state index contributed by atoms with van der Waals surface area (Å²) in [4.78, 5) is 17.2. The SMILES string of the molecule is COC=C(Oc1cc(C(C)=NOC[Si](C)(C)C)ccc1C)C(=O)OC. The molecule has 0 unspecified atom stereocenters. The molecule has 0 atom stereocenters. The van der Waals surface area contributed by atoms with Crippen LogP contribution in [0.2, 0.25) is 19.6 Å². The van der Waals surface area contributed by atoms with Gasteiger partial charge >= 0.3 is 5.97 Å². The maximum atomic E-state index is 11.7. The largest absolute Gasteiger partial charge is 0.500 e. The third-order valence-corrected chi connectivity index (χ3v) is 4.13. The fourth-order valence-corrected chi connectivity index (χ4v) is 2.20. The average molecular weight is 366 g/mol. The van der Waals surface area contributed by atoms with Gasteiger partial charge < -0.3 is 19.0 Å². The maximum absolute atomic E-state index is 11.7. The molecule has 1 rings (SSSR count). The minimum Gasteiger partial charge on any atom is -0.500 e. The number of rotatable bonds is 8. The lowest BCUT2D eigenvalue weighted by Crippen LogP contribution is -2.27. The molecule has 0 spiro atoms. The van der Waals surface area contributed by atoms with Gasteiger partial charge in [0, 0.05) is 5.56 Å². The highest BCUT2D eigenvalue weighted by Crippen LogP contribution is 2.23. The highest BCUT2D eigenvalue weighted by atomic mass is 28.3. The van der Waals surface area contributed by atoms with Crippen molar-refractivity contribution in [3.8, 4) is 5.75 Å². The highest BCUT2D eigenvalue weighted by molar-refractivity contribution is 6.76. The Labute approximate surface area is 150 Å². The number of oxime groups is 1. The third kappa shape index (κ3) is 7.00. The summed E-state index contributed by atoms with van der Waals surface area (Å²) >= 11 is 0. The van der Waals surface area contributed by atoms with Crippen LogP contribution in [0.3, 0.4) is 0 Å². The number of nitrogens with zero attached hydrogens (tertiary/aromatic N) is 1. The summed E-state index contributed by atoms with van der Waals surface area (Å²) in [5, 5.41) is 4.18. The molecule has 0 amide bonds. The van der Waals surface area contributed by atoms with Crippen molar-refractivity contribution in [2.75, 3.05) is 20.4 Å². The van der Waals surface area contributed by atoms with E-state index in [1.807, 2.05) is 26.0 Å². The van der Waals surface area contributed by atoms with Crippen molar-refractivity contribution < 1.29 is 23.8 Å². The van der Waals surface area contributed by atoms with Gasteiger partial charge in [-0.25, -0.2) is 4.79 Å². The van der Waals surface area contributed by atoms with E-state index >= 15 is 0 Å². The standard InChI is InChI=1S/C18H27NO5Si/c1-13-8-9-15(14(2)19-23-12-25(5,6)7)10-16(13)24-17(11-21-3)18(20)22-4/h8-11H,12H2,1-7H3. The van der Waals surface area contributed by atoms with E-state index < -0.39 is 14.0 Å². The Hall–Kier alpha value is -2.28. The number of methoxy groups -OCH3 is 2. The van der Waals surface area contributed by atoms with Crippen molar-refractivity contribution in [1.82, 2.24) is 0 Å². The van der Waals surface area contributed by atoms with Crippen molar-refractivity contribution in [3.63, 3.8) is 0 Å². The van der Waals surface area contributed by atoms with Crippen molar-refractivity contribution in [3.05, 3.63) is 41.3 Å². The molecule has 138 valence electrons. The number of hydrogen-bond acceptors (Lipinski definition) is 6. The van der Waals surface area contributed by atoms with E-state index in [1.165, 1.54) is 20.5 Å². The molecule has 0 bridgehead atoms. The average Bonchev–Trinajstić information content (AvgIpc) is 2.54. The lowest BCUT2D eigenvalue weighted by molar-refractivity contribution is -0.138. The zero-order chi connectivity index (χ0) is 19.0. The van der Waals surface area contributed by atoms with E-state index in [0.29, 0.717) is 12.0 Å². The number of carbonyl (C=O) groups excluding carboxylic acids is 1. The second-order valence-corrected chi connectivity index (χ2v) is 12.2. The molecule has 0 aromatic heterocycles. The molecule has 7 heteroatoms. The van der Waals surface area contributed by atoms with Crippen LogP contribution < -0.4 is 4.74 Å². The van der Waals surface area contributed by atoms with E-state index in [1.54, 1.807) is 6.07 Å². The van der Waals surface area contributed by atoms with E-state index in [4.69, 9.17) is 14.3 Å². The first-order valence-corrected chi connectivity index (χ1v) is 11.7. The molecule has 0 aliphatic heterocycles. The highest BCUT2D eigenvalue weighted by Gasteiger charge is 2.16. The second kappa shape index (κ2) is 9.27. The third-order valence-electron chi connectivity index (χ3n) is 3.14. The summed E-state index contributed by atoms with van der Waals surface area (Å²) in [6, 6.07) is 5.62. The first-order valence-electron chi connectivity index (χ1n) is 7.94. The predicted octanol–water partition coefficient (Wildman–Crippen LogP) is 3.65. The fraction of sp³-hybridized carbons (Fsp3) is 0.444. The van der Waals surface area contributed by atoms with Crippen LogP contribution in [0.4, 0.5) is 0 Å². The van der Waals surface area contributed by atoms with Crippen molar-refractivity contribution in [2.45, 2.75) is 33.5 Å². The quantitative estimate of drug-likeness (QED) is 0.176. The normalized spacial score (nSPS) is 12.6. The Kier molecular flexibility index (Phi) is 7.69. The molecule has 0 saturated heterocycles. The van der Waals surface area contributed by atoms with Crippen LogP contribution in [0, 0.1) is 6.92 Å². The van der Waals surface area contributed by atoms with Gasteiger partial charge in [0.15, 0.2) is 0 Å². The Morgan fingerprint density at radius 3 is 2.48 bits per heavy atom. The fourth-order valence-electron chi connectivity index (χ4n) is 1.75. The topological polar surface area (TPSA) is 66.3 Å². The minimum absolute atomic E-state index is 0.0326. The van der Waals surface area contributed by atoms with Gasteiger partial charge in [-0.1, -0.05) is 36.9 Å². The summed E-state index contributed by atoms with van der Waals surface area (Å²) in [6.45, 7) is 10.4. The molecule has 0 N–H and O–H groups in total. The first-order chi connectivity index (χ1) is 11.7.